The van der Waals surface area contributed by atoms with E-state index in [1.165, 1.54) is 23.9 Å². The first-order valence-electron chi connectivity index (χ1n) is 7.14. The van der Waals surface area contributed by atoms with Crippen LogP contribution in [0.1, 0.15) is 31.5 Å². The number of thioether (sulfide) groups is 1. The molecule has 112 valence electrons. The van der Waals surface area contributed by atoms with Crippen molar-refractivity contribution in [3.05, 3.63) is 41.8 Å². The van der Waals surface area contributed by atoms with Crippen LogP contribution < -0.4 is 5.32 Å². The van der Waals surface area contributed by atoms with Gasteiger partial charge in [-0.2, -0.15) is 4.98 Å². The fourth-order valence-electron chi connectivity index (χ4n) is 2.61. The van der Waals surface area contributed by atoms with Crippen molar-refractivity contribution in [2.75, 3.05) is 13.1 Å². The molecule has 3 rings (SSSR count). The molecule has 0 bridgehead atoms. The monoisotopic (exact) mass is 307 g/mol. The molecule has 4 nitrogen and oxygen atoms in total. The molecule has 0 radical (unpaired) electrons. The molecule has 0 aliphatic carbocycles. The first kappa shape index (κ1) is 14.5. The number of rotatable bonds is 5. The average Bonchev–Trinajstić information content (AvgIpc) is 3.15. The molecule has 1 aliphatic heterocycles. The van der Waals surface area contributed by atoms with Crippen LogP contribution in [-0.2, 0) is 11.2 Å². The number of hydrogen-bond acceptors (Lipinski definition) is 5. The summed E-state index contributed by atoms with van der Waals surface area (Å²) in [5, 5.41) is 7.42. The summed E-state index contributed by atoms with van der Waals surface area (Å²) in [5.74, 6) is 1.75. The molecule has 2 heterocycles. The molecule has 1 aromatic carbocycles. The molecule has 0 spiro atoms. The van der Waals surface area contributed by atoms with Crippen molar-refractivity contribution in [2.24, 2.45) is 0 Å². The molecule has 0 saturated carbocycles. The number of nitrogens with one attached hydrogen (secondary N) is 1. The zero-order valence-electron chi connectivity index (χ0n) is 11.9. The maximum Gasteiger partial charge on any atom is 0.234 e. The lowest BCUT2D eigenvalue weighted by Gasteiger charge is -2.20. The van der Waals surface area contributed by atoms with Gasteiger partial charge in [0.15, 0.2) is 5.82 Å². The topological polar surface area (TPSA) is 51.0 Å². The summed E-state index contributed by atoms with van der Waals surface area (Å²) in [4.78, 5) is 5.41. The molecular weight excluding hydrogens is 289 g/mol. The van der Waals surface area contributed by atoms with Gasteiger partial charge in [-0.25, -0.2) is 4.39 Å². The molecule has 1 unspecified atom stereocenters. The molecule has 21 heavy (non-hydrogen) atoms. The van der Waals surface area contributed by atoms with Gasteiger partial charge in [-0.3, -0.25) is 0 Å². The summed E-state index contributed by atoms with van der Waals surface area (Å²) in [6, 6.07) is 6.54. The van der Waals surface area contributed by atoms with E-state index in [1.54, 1.807) is 6.07 Å². The van der Waals surface area contributed by atoms with Gasteiger partial charge in [0.05, 0.1) is 11.2 Å². The Hall–Kier alpha value is -1.40. The predicted octanol–water partition coefficient (Wildman–Crippen LogP) is 3.14. The smallest absolute Gasteiger partial charge is 0.234 e. The van der Waals surface area contributed by atoms with E-state index in [1.807, 2.05) is 6.07 Å². The largest absolute Gasteiger partial charge is 0.339 e. The van der Waals surface area contributed by atoms with Gasteiger partial charge in [0.1, 0.15) is 5.82 Å². The number of nitrogens with zero attached hydrogens (tertiary/aromatic N) is 2. The Morgan fingerprint density at radius 3 is 3.10 bits per heavy atom. The van der Waals surface area contributed by atoms with Crippen LogP contribution in [0.4, 0.5) is 4.39 Å². The van der Waals surface area contributed by atoms with Crippen molar-refractivity contribution in [3.8, 4) is 0 Å². The molecular formula is C15H18FN3OS. The average molecular weight is 307 g/mol. The van der Waals surface area contributed by atoms with Crippen LogP contribution in [0.3, 0.4) is 0 Å². The third-order valence-corrected chi connectivity index (χ3v) is 5.00. The maximum absolute atomic E-state index is 13.1. The lowest BCUT2D eigenvalue weighted by molar-refractivity contribution is 0.284. The summed E-state index contributed by atoms with van der Waals surface area (Å²) in [6.07, 6.45) is 2.01. The van der Waals surface area contributed by atoms with Crippen molar-refractivity contribution in [3.63, 3.8) is 0 Å². The van der Waals surface area contributed by atoms with E-state index in [2.05, 4.69) is 22.4 Å². The van der Waals surface area contributed by atoms with Crippen LogP contribution in [-0.4, -0.2) is 23.2 Å². The summed E-state index contributed by atoms with van der Waals surface area (Å²) < 4.78 is 18.6. The number of hydrogen-bond donors (Lipinski definition) is 1. The SMILES string of the molecule is CCC1(c2nc(CSc3cccc(F)c3)no2)CCNC1. The van der Waals surface area contributed by atoms with Gasteiger partial charge in [-0.15, -0.1) is 11.8 Å². The molecule has 6 heteroatoms. The second-order valence-electron chi connectivity index (χ2n) is 5.32. The molecule has 1 atom stereocenters. The standard InChI is InChI=1S/C15H18FN3OS/c1-2-15(6-7-17-10-15)14-18-13(19-20-14)9-21-12-5-3-4-11(16)8-12/h3-5,8,17H,2,6-7,9-10H2,1H3. The van der Waals surface area contributed by atoms with Gasteiger partial charge in [0, 0.05) is 11.4 Å². The van der Waals surface area contributed by atoms with Gasteiger partial charge in [0.2, 0.25) is 5.89 Å². The van der Waals surface area contributed by atoms with Crippen molar-refractivity contribution < 1.29 is 8.91 Å². The third-order valence-electron chi connectivity index (χ3n) is 4.01. The highest BCUT2D eigenvalue weighted by Gasteiger charge is 2.39. The Morgan fingerprint density at radius 1 is 1.48 bits per heavy atom. The number of aromatic nitrogens is 2. The quantitative estimate of drug-likeness (QED) is 0.860. The lowest BCUT2D eigenvalue weighted by Crippen LogP contribution is -2.28. The number of halogens is 1. The van der Waals surface area contributed by atoms with Crippen LogP contribution in [0.2, 0.25) is 0 Å². The molecule has 1 aromatic heterocycles. The Kier molecular flexibility index (Phi) is 4.26. The summed E-state index contributed by atoms with van der Waals surface area (Å²) >= 11 is 1.51. The second-order valence-corrected chi connectivity index (χ2v) is 6.37. The molecule has 1 aliphatic rings. The van der Waals surface area contributed by atoms with E-state index < -0.39 is 0 Å². The third kappa shape index (κ3) is 3.11. The summed E-state index contributed by atoms with van der Waals surface area (Å²) in [6.45, 7) is 4.03. The lowest BCUT2D eigenvalue weighted by atomic mass is 9.84. The van der Waals surface area contributed by atoms with Crippen molar-refractivity contribution in [2.45, 2.75) is 35.8 Å². The Bertz CT molecular complexity index is 610. The maximum atomic E-state index is 13.1. The fourth-order valence-corrected chi connectivity index (χ4v) is 3.40. The molecule has 0 amide bonds. The molecule has 1 fully saturated rings. The minimum absolute atomic E-state index is 0.0191. The predicted molar refractivity (Wildman–Crippen MR) is 79.7 cm³/mol. The number of benzene rings is 1. The molecule has 1 saturated heterocycles. The van der Waals surface area contributed by atoms with Crippen molar-refractivity contribution >= 4 is 11.8 Å². The van der Waals surface area contributed by atoms with Crippen LogP contribution in [0.15, 0.2) is 33.7 Å². The Labute approximate surface area is 127 Å². The zero-order chi connectivity index (χ0) is 14.7. The van der Waals surface area contributed by atoms with Crippen LogP contribution in [0.25, 0.3) is 0 Å². The molecule has 1 N–H and O–H groups in total. The van der Waals surface area contributed by atoms with Crippen LogP contribution in [0.5, 0.6) is 0 Å². The van der Waals surface area contributed by atoms with Crippen molar-refractivity contribution in [1.29, 1.82) is 0 Å². The minimum atomic E-state index is -0.226. The Morgan fingerprint density at radius 2 is 2.38 bits per heavy atom. The van der Waals surface area contributed by atoms with Gasteiger partial charge in [0.25, 0.3) is 0 Å². The van der Waals surface area contributed by atoms with Gasteiger partial charge in [-0.05, 0) is 37.6 Å². The summed E-state index contributed by atoms with van der Waals surface area (Å²) in [7, 11) is 0. The first-order valence-corrected chi connectivity index (χ1v) is 8.12. The van der Waals surface area contributed by atoms with Crippen LogP contribution in [0, 0.1) is 5.82 Å². The van der Waals surface area contributed by atoms with E-state index in [4.69, 9.17) is 4.52 Å². The first-order chi connectivity index (χ1) is 10.2. The highest BCUT2D eigenvalue weighted by molar-refractivity contribution is 7.98. The highest BCUT2D eigenvalue weighted by Crippen LogP contribution is 2.33. The molecule has 2 aromatic rings. The van der Waals surface area contributed by atoms with Gasteiger partial charge in [-0.1, -0.05) is 18.1 Å². The van der Waals surface area contributed by atoms with E-state index >= 15 is 0 Å². The van der Waals surface area contributed by atoms with Gasteiger partial charge < -0.3 is 9.84 Å². The van der Waals surface area contributed by atoms with E-state index in [0.717, 1.165) is 36.7 Å². The van der Waals surface area contributed by atoms with Crippen LogP contribution >= 0.6 is 11.8 Å². The van der Waals surface area contributed by atoms with Gasteiger partial charge >= 0.3 is 0 Å². The van der Waals surface area contributed by atoms with E-state index in [-0.39, 0.29) is 11.2 Å². The highest BCUT2D eigenvalue weighted by atomic mass is 32.2. The van der Waals surface area contributed by atoms with E-state index in [0.29, 0.717) is 11.6 Å². The zero-order valence-corrected chi connectivity index (χ0v) is 12.8. The van der Waals surface area contributed by atoms with Crippen molar-refractivity contribution in [1.82, 2.24) is 15.5 Å². The summed E-state index contributed by atoms with van der Waals surface area (Å²) in [5.41, 5.74) is -0.0191. The fraction of sp³-hybridized carbons (Fsp3) is 0.467. The minimum Gasteiger partial charge on any atom is -0.339 e. The second kappa shape index (κ2) is 6.15. The van der Waals surface area contributed by atoms with E-state index in [9.17, 15) is 4.39 Å². The Balaban J connectivity index is 1.68. The normalized spacial score (nSPS) is 21.8.